The highest BCUT2D eigenvalue weighted by Crippen LogP contribution is 2.21. The number of nitrogens with zero attached hydrogens (tertiary/aromatic N) is 1. The van der Waals surface area contributed by atoms with Gasteiger partial charge in [0.05, 0.1) is 6.54 Å². The molecule has 0 radical (unpaired) electrons. The summed E-state index contributed by atoms with van der Waals surface area (Å²) < 4.78 is 5.45. The zero-order chi connectivity index (χ0) is 12.7. The Labute approximate surface area is 104 Å². The Morgan fingerprint density at radius 3 is 3.00 bits per heavy atom. The smallest absolute Gasteiger partial charge is 0.277 e. The van der Waals surface area contributed by atoms with Crippen molar-refractivity contribution in [2.24, 2.45) is 0 Å². The Morgan fingerprint density at radius 1 is 1.44 bits per heavy atom. The summed E-state index contributed by atoms with van der Waals surface area (Å²) in [4.78, 5) is 17.2. The second-order valence-corrected chi connectivity index (χ2v) is 4.43. The van der Waals surface area contributed by atoms with E-state index in [0.29, 0.717) is 5.56 Å². The molecule has 1 amide bonds. The van der Waals surface area contributed by atoms with Crippen LogP contribution in [-0.4, -0.2) is 35.3 Å². The Kier molecular flexibility index (Phi) is 2.57. The van der Waals surface area contributed by atoms with Crippen LogP contribution in [-0.2, 0) is 4.84 Å². The van der Waals surface area contributed by atoms with Crippen LogP contribution in [0.2, 0.25) is 0 Å². The van der Waals surface area contributed by atoms with E-state index >= 15 is 0 Å². The lowest BCUT2D eigenvalue weighted by Crippen LogP contribution is -2.28. The first kappa shape index (κ1) is 11.3. The van der Waals surface area contributed by atoms with Crippen LogP contribution in [0.15, 0.2) is 28.7 Å². The molecule has 5 nitrogen and oxygen atoms in total. The van der Waals surface area contributed by atoms with E-state index in [4.69, 9.17) is 9.25 Å². The third kappa shape index (κ3) is 1.87. The molecule has 5 heteroatoms. The Hall–Kier alpha value is -1.85. The number of aryl methyl sites for hydroxylation is 1. The van der Waals surface area contributed by atoms with Crippen LogP contribution in [0, 0.1) is 6.92 Å². The van der Waals surface area contributed by atoms with Crippen LogP contribution in [0.5, 0.6) is 0 Å². The summed E-state index contributed by atoms with van der Waals surface area (Å²) >= 11 is 0. The molecule has 1 aliphatic rings. The predicted octanol–water partition coefficient (Wildman–Crippen LogP) is 1.49. The van der Waals surface area contributed by atoms with Crippen LogP contribution in [0.25, 0.3) is 11.0 Å². The normalized spacial score (nSPS) is 19.7. The number of aliphatic hydroxyl groups is 1. The summed E-state index contributed by atoms with van der Waals surface area (Å²) in [7, 11) is 0. The van der Waals surface area contributed by atoms with E-state index < -0.39 is 6.10 Å². The summed E-state index contributed by atoms with van der Waals surface area (Å²) in [5.41, 5.74) is 1.28. The number of β-amino-alcohol motifs (C(OH)–C–C–N with tert-alkyl or cyclic N) is 1. The maximum Gasteiger partial charge on any atom is 0.277 e. The number of hydrogen-bond acceptors (Lipinski definition) is 4. The molecule has 2 aromatic rings. The van der Waals surface area contributed by atoms with Gasteiger partial charge >= 0.3 is 0 Å². The summed E-state index contributed by atoms with van der Waals surface area (Å²) in [6.45, 7) is 2.24. The molecule has 2 heterocycles. The second kappa shape index (κ2) is 4.12. The van der Waals surface area contributed by atoms with Crippen LogP contribution in [0.1, 0.15) is 16.1 Å². The SMILES string of the molecule is Cc1cc2cc(C(=O)N3CC(O)CO3)ccc2o1. The number of hydroxylamine groups is 2. The molecule has 94 valence electrons. The van der Waals surface area contributed by atoms with Crippen molar-refractivity contribution in [1.82, 2.24) is 5.06 Å². The van der Waals surface area contributed by atoms with Crippen molar-refractivity contribution in [3.8, 4) is 0 Å². The Bertz CT molecular complexity index is 604. The van der Waals surface area contributed by atoms with Gasteiger partial charge < -0.3 is 9.52 Å². The van der Waals surface area contributed by atoms with Crippen molar-refractivity contribution < 1.29 is 19.2 Å². The number of benzene rings is 1. The van der Waals surface area contributed by atoms with Gasteiger partial charge in [0.15, 0.2) is 0 Å². The van der Waals surface area contributed by atoms with E-state index in [-0.39, 0.29) is 19.1 Å². The zero-order valence-corrected chi connectivity index (χ0v) is 9.92. The molecule has 1 atom stereocenters. The monoisotopic (exact) mass is 247 g/mol. The van der Waals surface area contributed by atoms with Gasteiger partial charge in [-0.15, -0.1) is 0 Å². The van der Waals surface area contributed by atoms with Gasteiger partial charge in [0, 0.05) is 10.9 Å². The zero-order valence-electron chi connectivity index (χ0n) is 9.92. The quantitative estimate of drug-likeness (QED) is 0.829. The molecule has 1 aromatic heterocycles. The third-order valence-corrected chi connectivity index (χ3v) is 2.91. The molecule has 0 saturated carbocycles. The largest absolute Gasteiger partial charge is 0.461 e. The number of amides is 1. The Balaban J connectivity index is 1.91. The molecule has 1 aliphatic heterocycles. The minimum atomic E-state index is -0.603. The molecule has 3 rings (SSSR count). The molecule has 0 spiro atoms. The van der Waals surface area contributed by atoms with Crippen molar-refractivity contribution in [3.05, 3.63) is 35.6 Å². The molecule has 1 aromatic carbocycles. The minimum Gasteiger partial charge on any atom is -0.461 e. The molecule has 0 aliphatic carbocycles. The van der Waals surface area contributed by atoms with E-state index in [1.807, 2.05) is 13.0 Å². The first-order chi connectivity index (χ1) is 8.63. The molecule has 0 bridgehead atoms. The number of rotatable bonds is 1. The van der Waals surface area contributed by atoms with E-state index in [9.17, 15) is 9.90 Å². The average molecular weight is 247 g/mol. The fourth-order valence-electron chi connectivity index (χ4n) is 2.07. The molecular weight excluding hydrogens is 234 g/mol. The highest BCUT2D eigenvalue weighted by Gasteiger charge is 2.27. The summed E-state index contributed by atoms with van der Waals surface area (Å²) in [5, 5.41) is 11.4. The van der Waals surface area contributed by atoms with Crippen molar-refractivity contribution in [2.45, 2.75) is 13.0 Å². The maximum atomic E-state index is 12.1. The lowest BCUT2D eigenvalue weighted by atomic mass is 10.1. The number of furan rings is 1. The van der Waals surface area contributed by atoms with E-state index in [1.165, 1.54) is 5.06 Å². The topological polar surface area (TPSA) is 62.9 Å². The highest BCUT2D eigenvalue weighted by molar-refractivity contribution is 5.97. The van der Waals surface area contributed by atoms with Crippen LogP contribution >= 0.6 is 0 Å². The number of carbonyl (C=O) groups is 1. The standard InChI is InChI=1S/C13H13NO4/c1-8-4-10-5-9(2-3-12(10)18-8)13(16)14-6-11(15)7-17-14/h2-5,11,15H,6-7H2,1H3. The van der Waals surface area contributed by atoms with Gasteiger partial charge in [-0.25, -0.2) is 5.06 Å². The van der Waals surface area contributed by atoms with E-state index in [1.54, 1.807) is 18.2 Å². The van der Waals surface area contributed by atoms with Gasteiger partial charge in [0.2, 0.25) is 0 Å². The number of aliphatic hydroxyl groups excluding tert-OH is 1. The van der Waals surface area contributed by atoms with Gasteiger partial charge in [0.1, 0.15) is 24.1 Å². The maximum absolute atomic E-state index is 12.1. The summed E-state index contributed by atoms with van der Waals surface area (Å²) in [5.74, 6) is 0.565. The average Bonchev–Trinajstić information content (AvgIpc) is 2.92. The lowest BCUT2D eigenvalue weighted by molar-refractivity contribution is -0.0779. The minimum absolute atomic E-state index is 0.165. The van der Waals surface area contributed by atoms with Crippen molar-refractivity contribution in [2.75, 3.05) is 13.2 Å². The fourth-order valence-corrected chi connectivity index (χ4v) is 2.07. The van der Waals surface area contributed by atoms with Gasteiger partial charge in [-0.05, 0) is 31.2 Å². The fraction of sp³-hybridized carbons (Fsp3) is 0.308. The molecule has 1 fully saturated rings. The lowest BCUT2D eigenvalue weighted by Gasteiger charge is -2.13. The van der Waals surface area contributed by atoms with Crippen molar-refractivity contribution in [1.29, 1.82) is 0 Å². The number of fused-ring (bicyclic) bond motifs is 1. The van der Waals surface area contributed by atoms with Crippen LogP contribution < -0.4 is 0 Å². The van der Waals surface area contributed by atoms with E-state index in [2.05, 4.69) is 0 Å². The van der Waals surface area contributed by atoms with Crippen molar-refractivity contribution >= 4 is 16.9 Å². The highest BCUT2D eigenvalue weighted by atomic mass is 16.7. The molecule has 18 heavy (non-hydrogen) atoms. The molecule has 1 N–H and O–H groups in total. The van der Waals surface area contributed by atoms with Crippen LogP contribution in [0.4, 0.5) is 0 Å². The van der Waals surface area contributed by atoms with Gasteiger partial charge in [-0.3, -0.25) is 9.63 Å². The van der Waals surface area contributed by atoms with Gasteiger partial charge in [-0.2, -0.15) is 0 Å². The summed E-state index contributed by atoms with van der Waals surface area (Å²) in [6.07, 6.45) is -0.603. The molecule has 1 saturated heterocycles. The van der Waals surface area contributed by atoms with Gasteiger partial charge in [-0.1, -0.05) is 0 Å². The Morgan fingerprint density at radius 2 is 2.28 bits per heavy atom. The molecule has 1 unspecified atom stereocenters. The van der Waals surface area contributed by atoms with Crippen molar-refractivity contribution in [3.63, 3.8) is 0 Å². The first-order valence-electron chi connectivity index (χ1n) is 5.76. The number of carbonyl (C=O) groups excluding carboxylic acids is 1. The molecular formula is C13H13NO4. The second-order valence-electron chi connectivity index (χ2n) is 4.43. The van der Waals surface area contributed by atoms with Gasteiger partial charge in [0.25, 0.3) is 5.91 Å². The first-order valence-corrected chi connectivity index (χ1v) is 5.76. The predicted molar refractivity (Wildman–Crippen MR) is 63.9 cm³/mol. The van der Waals surface area contributed by atoms with Crippen LogP contribution in [0.3, 0.4) is 0 Å². The third-order valence-electron chi connectivity index (χ3n) is 2.91. The number of hydrogen-bond donors (Lipinski definition) is 1. The summed E-state index contributed by atoms with van der Waals surface area (Å²) in [6, 6.07) is 7.11. The van der Waals surface area contributed by atoms with E-state index in [0.717, 1.165) is 16.7 Å².